The minimum absolute atomic E-state index is 0.0472. The van der Waals surface area contributed by atoms with Gasteiger partial charge < -0.3 is 4.42 Å². The molecule has 0 fully saturated rings. The Morgan fingerprint density at radius 2 is 1.83 bits per heavy atom. The summed E-state index contributed by atoms with van der Waals surface area (Å²) < 4.78 is 33.0. The average molecular weight is 441 g/mol. The molecule has 0 saturated carbocycles. The van der Waals surface area contributed by atoms with Crippen molar-refractivity contribution < 1.29 is 17.6 Å². The molecule has 2 aromatic carbocycles. The SMILES string of the molecule is Cc1ccc(S(=O)(=O)Nc2cccc(C(=O)Nc3nnc(-c4cccs4)o3)c2)cc1. The highest BCUT2D eigenvalue weighted by Gasteiger charge is 2.16. The number of hydrogen-bond donors (Lipinski definition) is 2. The summed E-state index contributed by atoms with van der Waals surface area (Å²) in [5.41, 5.74) is 1.44. The van der Waals surface area contributed by atoms with Gasteiger partial charge in [-0.2, -0.15) is 0 Å². The molecule has 2 aromatic heterocycles. The van der Waals surface area contributed by atoms with E-state index < -0.39 is 15.9 Å². The highest BCUT2D eigenvalue weighted by atomic mass is 32.2. The molecule has 0 aliphatic carbocycles. The molecule has 10 heteroatoms. The lowest BCUT2D eigenvalue weighted by Crippen LogP contribution is -2.15. The lowest BCUT2D eigenvalue weighted by atomic mass is 10.2. The predicted molar refractivity (Wildman–Crippen MR) is 114 cm³/mol. The van der Waals surface area contributed by atoms with E-state index in [1.807, 2.05) is 24.4 Å². The molecule has 152 valence electrons. The minimum atomic E-state index is -3.77. The van der Waals surface area contributed by atoms with Crippen LogP contribution in [0, 0.1) is 6.92 Å². The molecule has 0 radical (unpaired) electrons. The molecule has 4 rings (SSSR count). The van der Waals surface area contributed by atoms with E-state index in [1.54, 1.807) is 30.3 Å². The molecule has 1 amide bonds. The lowest BCUT2D eigenvalue weighted by molar-refractivity contribution is 0.102. The Morgan fingerprint density at radius 1 is 1.03 bits per heavy atom. The maximum atomic E-state index is 12.6. The third-order valence-corrected chi connectivity index (χ3v) is 6.34. The van der Waals surface area contributed by atoms with Crippen LogP contribution in [0.25, 0.3) is 10.8 Å². The third kappa shape index (κ3) is 4.39. The van der Waals surface area contributed by atoms with Gasteiger partial charge in [0, 0.05) is 11.3 Å². The summed E-state index contributed by atoms with van der Waals surface area (Å²) >= 11 is 1.44. The highest BCUT2D eigenvalue weighted by Crippen LogP contribution is 2.25. The summed E-state index contributed by atoms with van der Waals surface area (Å²) in [6.45, 7) is 1.87. The van der Waals surface area contributed by atoms with Gasteiger partial charge in [-0.3, -0.25) is 14.8 Å². The van der Waals surface area contributed by atoms with Crippen LogP contribution in [0.5, 0.6) is 0 Å². The van der Waals surface area contributed by atoms with Crippen LogP contribution in [0.4, 0.5) is 11.7 Å². The summed E-state index contributed by atoms with van der Waals surface area (Å²) in [5, 5.41) is 12.1. The van der Waals surface area contributed by atoms with Gasteiger partial charge in [0.15, 0.2) is 0 Å². The van der Waals surface area contributed by atoms with Gasteiger partial charge in [-0.25, -0.2) is 8.42 Å². The minimum Gasteiger partial charge on any atom is -0.402 e. The smallest absolute Gasteiger partial charge is 0.322 e. The van der Waals surface area contributed by atoms with Crippen molar-refractivity contribution in [2.75, 3.05) is 10.0 Å². The number of nitrogens with zero attached hydrogens (tertiary/aromatic N) is 2. The van der Waals surface area contributed by atoms with Crippen LogP contribution in [0.2, 0.25) is 0 Å². The zero-order chi connectivity index (χ0) is 21.1. The fraction of sp³-hybridized carbons (Fsp3) is 0.0500. The molecular weight excluding hydrogens is 424 g/mol. The molecule has 0 bridgehead atoms. The van der Waals surface area contributed by atoms with Gasteiger partial charge in [-0.1, -0.05) is 34.9 Å². The van der Waals surface area contributed by atoms with E-state index in [4.69, 9.17) is 4.42 Å². The van der Waals surface area contributed by atoms with Crippen molar-refractivity contribution in [1.82, 2.24) is 10.2 Å². The molecule has 0 saturated heterocycles. The van der Waals surface area contributed by atoms with Crippen LogP contribution in [0.1, 0.15) is 15.9 Å². The van der Waals surface area contributed by atoms with Gasteiger partial charge >= 0.3 is 6.01 Å². The second-order valence-corrected chi connectivity index (χ2v) is 8.97. The van der Waals surface area contributed by atoms with Gasteiger partial charge in [0.25, 0.3) is 21.8 Å². The van der Waals surface area contributed by atoms with E-state index in [2.05, 4.69) is 20.2 Å². The second kappa shape index (κ2) is 8.09. The van der Waals surface area contributed by atoms with E-state index in [0.717, 1.165) is 10.4 Å². The Labute approximate surface area is 176 Å². The lowest BCUT2D eigenvalue weighted by Gasteiger charge is -2.09. The number of amides is 1. The quantitative estimate of drug-likeness (QED) is 0.465. The predicted octanol–water partition coefficient (Wildman–Crippen LogP) is 4.16. The van der Waals surface area contributed by atoms with Crippen LogP contribution in [-0.4, -0.2) is 24.5 Å². The highest BCUT2D eigenvalue weighted by molar-refractivity contribution is 7.92. The van der Waals surface area contributed by atoms with E-state index >= 15 is 0 Å². The molecular formula is C20H16N4O4S2. The normalized spacial score (nSPS) is 11.2. The summed E-state index contributed by atoms with van der Waals surface area (Å²) in [7, 11) is -3.77. The van der Waals surface area contributed by atoms with E-state index in [0.29, 0.717) is 5.89 Å². The van der Waals surface area contributed by atoms with Crippen LogP contribution in [0.15, 0.2) is 75.4 Å². The fourth-order valence-electron chi connectivity index (χ4n) is 2.60. The van der Waals surface area contributed by atoms with E-state index in [1.165, 1.54) is 29.5 Å². The monoisotopic (exact) mass is 440 g/mol. The number of anilines is 2. The summed E-state index contributed by atoms with van der Waals surface area (Å²) in [6, 6.07) is 16.2. The largest absolute Gasteiger partial charge is 0.402 e. The number of sulfonamides is 1. The number of thiophene rings is 1. The number of aryl methyl sites for hydroxylation is 1. The van der Waals surface area contributed by atoms with Crippen LogP contribution in [0.3, 0.4) is 0 Å². The van der Waals surface area contributed by atoms with Crippen LogP contribution < -0.4 is 10.0 Å². The van der Waals surface area contributed by atoms with Crippen LogP contribution >= 0.6 is 11.3 Å². The third-order valence-electron chi connectivity index (χ3n) is 4.09. The Morgan fingerprint density at radius 3 is 2.57 bits per heavy atom. The number of carbonyl (C=O) groups is 1. The first-order chi connectivity index (χ1) is 14.4. The van der Waals surface area contributed by atoms with Gasteiger partial charge in [-0.05, 0) is 48.7 Å². The van der Waals surface area contributed by atoms with Crippen LogP contribution in [-0.2, 0) is 10.0 Å². The van der Waals surface area contributed by atoms with Crippen molar-refractivity contribution >= 4 is 39.0 Å². The van der Waals surface area contributed by atoms with Crippen molar-refractivity contribution in [2.24, 2.45) is 0 Å². The summed E-state index contributed by atoms with van der Waals surface area (Å²) in [4.78, 5) is 13.4. The number of benzene rings is 2. The molecule has 0 aliphatic rings. The van der Waals surface area contributed by atoms with E-state index in [9.17, 15) is 13.2 Å². The van der Waals surface area contributed by atoms with Crippen molar-refractivity contribution in [3.8, 4) is 10.8 Å². The van der Waals surface area contributed by atoms with E-state index in [-0.39, 0.29) is 22.2 Å². The van der Waals surface area contributed by atoms with Crippen molar-refractivity contribution in [3.63, 3.8) is 0 Å². The van der Waals surface area contributed by atoms with Gasteiger partial charge in [0.2, 0.25) is 0 Å². The fourth-order valence-corrected chi connectivity index (χ4v) is 4.29. The molecule has 0 atom stereocenters. The first-order valence-corrected chi connectivity index (χ1v) is 11.2. The number of rotatable bonds is 6. The maximum absolute atomic E-state index is 12.6. The number of hydrogen-bond acceptors (Lipinski definition) is 7. The zero-order valence-electron chi connectivity index (χ0n) is 15.7. The van der Waals surface area contributed by atoms with Gasteiger partial charge in [-0.15, -0.1) is 16.4 Å². The summed E-state index contributed by atoms with van der Waals surface area (Å²) in [5.74, 6) is -0.201. The molecule has 30 heavy (non-hydrogen) atoms. The molecule has 4 aromatic rings. The molecule has 2 N–H and O–H groups in total. The average Bonchev–Trinajstić information content (AvgIpc) is 3.40. The van der Waals surface area contributed by atoms with Gasteiger partial charge in [0.05, 0.1) is 9.77 Å². The second-order valence-electron chi connectivity index (χ2n) is 6.34. The molecule has 0 aliphatic heterocycles. The molecule has 0 spiro atoms. The molecule has 0 unspecified atom stereocenters. The number of carbonyl (C=O) groups excluding carboxylic acids is 1. The number of aromatic nitrogens is 2. The van der Waals surface area contributed by atoms with Crippen molar-refractivity contribution in [3.05, 3.63) is 77.2 Å². The van der Waals surface area contributed by atoms with Gasteiger partial charge in [0.1, 0.15) is 0 Å². The topological polar surface area (TPSA) is 114 Å². The maximum Gasteiger partial charge on any atom is 0.322 e. The first-order valence-electron chi connectivity index (χ1n) is 8.79. The molecule has 8 nitrogen and oxygen atoms in total. The molecule has 2 heterocycles. The standard InChI is InChI=1S/C20H16N4O4S2/c1-13-7-9-16(10-8-13)30(26,27)24-15-5-2-4-14(12-15)18(25)21-20-23-22-19(28-20)17-6-3-11-29-17/h2-12,24H,1H3,(H,21,23,25). The Bertz CT molecular complexity index is 1280. The summed E-state index contributed by atoms with van der Waals surface area (Å²) in [6.07, 6.45) is 0. The number of nitrogens with one attached hydrogen (secondary N) is 2. The Hall–Kier alpha value is -3.50. The Balaban J connectivity index is 1.49. The first kappa shape index (κ1) is 19.8. The zero-order valence-corrected chi connectivity index (χ0v) is 17.3. The van der Waals surface area contributed by atoms with Crippen molar-refractivity contribution in [1.29, 1.82) is 0 Å². The Kier molecular flexibility index (Phi) is 5.34. The van der Waals surface area contributed by atoms with Crippen molar-refractivity contribution in [2.45, 2.75) is 11.8 Å².